The van der Waals surface area contributed by atoms with E-state index in [2.05, 4.69) is 38.2 Å². The zero-order valence-corrected chi connectivity index (χ0v) is 36.6. The Morgan fingerprint density at radius 3 is 1.37 bits per heavy atom. The van der Waals surface area contributed by atoms with E-state index in [0.717, 1.165) is 38.5 Å². The number of hydrogen-bond donors (Lipinski definition) is 0. The summed E-state index contributed by atoms with van der Waals surface area (Å²) in [5, 5.41) is 0. The number of unbranched alkanes of at least 4 members (excludes halogenated alkanes) is 22. The van der Waals surface area contributed by atoms with Gasteiger partial charge in [0.1, 0.15) is 19.8 Å². The fourth-order valence-corrected chi connectivity index (χ4v) is 6.67. The highest BCUT2D eigenvalue weighted by Gasteiger charge is 2.21. The van der Waals surface area contributed by atoms with Gasteiger partial charge in [-0.25, -0.2) is 0 Å². The van der Waals surface area contributed by atoms with E-state index in [0.29, 0.717) is 23.9 Å². The molecule has 0 bridgehead atoms. The number of phosphoric acid groups is 1. The minimum Gasteiger partial charge on any atom is -0.756 e. The first-order valence-corrected chi connectivity index (χ1v) is 23.5. The van der Waals surface area contributed by atoms with Crippen molar-refractivity contribution in [3.8, 4) is 0 Å². The fraction of sp³-hybridized carbons (Fsp3) is 0.864. The lowest BCUT2D eigenvalue weighted by Gasteiger charge is -2.28. The number of allylic oxidation sites excluding steroid dienone is 4. The van der Waals surface area contributed by atoms with Crippen molar-refractivity contribution in [2.45, 2.75) is 200 Å². The molecule has 0 saturated heterocycles. The molecule has 0 aromatic heterocycles. The molecule has 0 amide bonds. The van der Waals surface area contributed by atoms with E-state index in [9.17, 15) is 19.0 Å². The van der Waals surface area contributed by atoms with Gasteiger partial charge in [-0.1, -0.05) is 141 Å². The molecule has 0 spiro atoms. The van der Waals surface area contributed by atoms with Gasteiger partial charge in [-0.2, -0.15) is 0 Å². The van der Waals surface area contributed by atoms with Crippen molar-refractivity contribution >= 4 is 19.8 Å². The minimum absolute atomic E-state index is 0.0359. The molecule has 0 N–H and O–H groups in total. The SMILES string of the molecule is CCCCCCCCCCC/C=C/CCCCC(=O)OC[C@H](COP(=O)([O-])OCC[N+](C)(C)C)OC(=O)CCCC/C=C/CCCCCCCCCCC. The van der Waals surface area contributed by atoms with E-state index in [1.807, 2.05) is 21.1 Å². The number of esters is 2. The summed E-state index contributed by atoms with van der Waals surface area (Å²) in [6, 6.07) is 0. The van der Waals surface area contributed by atoms with Crippen LogP contribution in [0.25, 0.3) is 0 Å². The second-order valence-electron chi connectivity index (χ2n) is 16.1. The van der Waals surface area contributed by atoms with Crippen LogP contribution in [0.1, 0.15) is 194 Å². The topological polar surface area (TPSA) is 111 Å². The van der Waals surface area contributed by atoms with Gasteiger partial charge in [0.15, 0.2) is 6.10 Å². The number of phosphoric ester groups is 1. The van der Waals surface area contributed by atoms with Gasteiger partial charge in [-0.3, -0.25) is 14.2 Å². The third kappa shape index (κ3) is 40.2. The van der Waals surface area contributed by atoms with Crippen molar-refractivity contribution in [1.29, 1.82) is 0 Å². The van der Waals surface area contributed by atoms with Crippen LogP contribution in [-0.4, -0.2) is 70.0 Å². The van der Waals surface area contributed by atoms with Gasteiger partial charge >= 0.3 is 11.9 Å². The molecule has 1 unspecified atom stereocenters. The molecule has 0 aliphatic rings. The highest BCUT2D eigenvalue weighted by atomic mass is 31.2. The summed E-state index contributed by atoms with van der Waals surface area (Å²) < 4.78 is 33.8. The minimum atomic E-state index is -4.63. The maximum Gasteiger partial charge on any atom is 0.306 e. The van der Waals surface area contributed by atoms with Crippen LogP contribution in [0.3, 0.4) is 0 Å². The molecule has 10 heteroatoms. The van der Waals surface area contributed by atoms with E-state index in [-0.39, 0.29) is 26.1 Å². The Morgan fingerprint density at radius 2 is 0.944 bits per heavy atom. The second kappa shape index (κ2) is 37.1. The summed E-state index contributed by atoms with van der Waals surface area (Å²) in [6.07, 6.45) is 39.2. The molecule has 9 nitrogen and oxygen atoms in total. The van der Waals surface area contributed by atoms with Crippen molar-refractivity contribution in [1.82, 2.24) is 0 Å². The van der Waals surface area contributed by atoms with E-state index < -0.39 is 32.5 Å². The predicted octanol–water partition coefficient (Wildman–Crippen LogP) is 11.7. The molecule has 0 fully saturated rings. The van der Waals surface area contributed by atoms with Crippen molar-refractivity contribution in [3.63, 3.8) is 0 Å². The lowest BCUT2D eigenvalue weighted by Crippen LogP contribution is -2.37. The Hall–Kier alpha value is -1.51. The van der Waals surface area contributed by atoms with Gasteiger partial charge < -0.3 is 27.9 Å². The van der Waals surface area contributed by atoms with Crippen LogP contribution in [-0.2, 0) is 32.7 Å². The summed E-state index contributed by atoms with van der Waals surface area (Å²) in [5.41, 5.74) is 0. The molecule has 0 aliphatic carbocycles. The highest BCUT2D eigenvalue weighted by Crippen LogP contribution is 2.38. The third-order valence-electron chi connectivity index (χ3n) is 9.44. The number of rotatable bonds is 40. The van der Waals surface area contributed by atoms with Gasteiger partial charge in [0.05, 0.1) is 27.7 Å². The molecule has 318 valence electrons. The molecule has 0 aromatic carbocycles. The van der Waals surface area contributed by atoms with Gasteiger partial charge in [0, 0.05) is 12.8 Å². The summed E-state index contributed by atoms with van der Waals surface area (Å²) in [7, 11) is 1.15. The maximum atomic E-state index is 12.6. The number of carbonyl (C=O) groups is 2. The molecule has 0 rings (SSSR count). The van der Waals surface area contributed by atoms with Gasteiger partial charge in [-0.15, -0.1) is 0 Å². The molecule has 0 radical (unpaired) electrons. The Morgan fingerprint density at radius 1 is 0.556 bits per heavy atom. The summed E-state index contributed by atoms with van der Waals surface area (Å²) >= 11 is 0. The zero-order valence-electron chi connectivity index (χ0n) is 35.7. The van der Waals surface area contributed by atoms with Crippen molar-refractivity contribution in [3.05, 3.63) is 24.3 Å². The van der Waals surface area contributed by atoms with Crippen molar-refractivity contribution in [2.24, 2.45) is 0 Å². The average molecular weight is 786 g/mol. The Bertz CT molecular complexity index is 980. The zero-order chi connectivity index (χ0) is 40.0. The first-order chi connectivity index (χ1) is 26.0. The lowest BCUT2D eigenvalue weighted by molar-refractivity contribution is -0.870. The van der Waals surface area contributed by atoms with Gasteiger partial charge in [0.25, 0.3) is 7.82 Å². The number of ether oxygens (including phenoxy) is 2. The van der Waals surface area contributed by atoms with Crippen LogP contribution in [0, 0.1) is 0 Å². The number of quaternary nitrogens is 1. The maximum absolute atomic E-state index is 12.6. The summed E-state index contributed by atoms with van der Waals surface area (Å²) in [4.78, 5) is 37.5. The Kier molecular flexibility index (Phi) is 36.1. The first-order valence-electron chi connectivity index (χ1n) is 22.0. The number of nitrogens with zero attached hydrogens (tertiary/aromatic N) is 1. The largest absolute Gasteiger partial charge is 0.756 e. The molecule has 2 atom stereocenters. The third-order valence-corrected chi connectivity index (χ3v) is 10.4. The van der Waals surface area contributed by atoms with Crippen molar-refractivity contribution < 1.29 is 42.1 Å². The highest BCUT2D eigenvalue weighted by molar-refractivity contribution is 7.45. The van der Waals surface area contributed by atoms with Crippen LogP contribution >= 0.6 is 7.82 Å². The fourth-order valence-electron chi connectivity index (χ4n) is 5.94. The molecular weight excluding hydrogens is 701 g/mol. The standard InChI is InChI=1S/C44H84NO8P/c1-6-8-10-12-14-16-18-20-22-24-26-28-30-32-34-36-43(46)50-40-42(41-52-54(48,49)51-39-38-45(3,4)5)53-44(47)37-35-33-31-29-27-25-23-21-19-17-15-13-11-9-7-2/h26-29,42H,6-25,30-41H2,1-5H3/b28-26+,29-27+/t42-/m1/s1. The molecule has 0 heterocycles. The van der Waals surface area contributed by atoms with Crippen molar-refractivity contribution in [2.75, 3.05) is 47.5 Å². The normalized spacial score (nSPS) is 13.8. The quantitative estimate of drug-likeness (QED) is 0.0198. The number of carbonyl (C=O) groups excluding carboxylic acids is 2. The van der Waals surface area contributed by atoms with E-state index in [1.54, 1.807) is 0 Å². The van der Waals surface area contributed by atoms with Crippen LogP contribution in [0.4, 0.5) is 0 Å². The monoisotopic (exact) mass is 786 g/mol. The van der Waals surface area contributed by atoms with Crippen LogP contribution in [0.15, 0.2) is 24.3 Å². The molecule has 0 saturated carbocycles. The van der Waals surface area contributed by atoms with E-state index in [1.165, 1.54) is 116 Å². The number of likely N-dealkylation sites (N-methyl/N-ethyl adjacent to an activating group) is 1. The average Bonchev–Trinajstić information content (AvgIpc) is 3.12. The summed E-state index contributed by atoms with van der Waals surface area (Å²) in [6.45, 7) is 4.19. The molecule has 0 aliphatic heterocycles. The molecular formula is C44H84NO8P. The Labute approximate surface area is 332 Å². The number of hydrogen-bond acceptors (Lipinski definition) is 8. The van der Waals surface area contributed by atoms with Crippen LogP contribution in [0.5, 0.6) is 0 Å². The lowest BCUT2D eigenvalue weighted by atomic mass is 10.1. The van der Waals surface area contributed by atoms with Gasteiger partial charge in [0.2, 0.25) is 0 Å². The predicted molar refractivity (Wildman–Crippen MR) is 222 cm³/mol. The van der Waals surface area contributed by atoms with E-state index >= 15 is 0 Å². The smallest absolute Gasteiger partial charge is 0.306 e. The second-order valence-corrected chi connectivity index (χ2v) is 17.5. The first kappa shape index (κ1) is 52.5. The van der Waals surface area contributed by atoms with Gasteiger partial charge in [-0.05, 0) is 64.2 Å². The summed E-state index contributed by atoms with van der Waals surface area (Å²) in [5.74, 6) is -0.882. The van der Waals surface area contributed by atoms with Crippen LogP contribution in [0.2, 0.25) is 0 Å². The molecule has 0 aromatic rings. The molecule has 54 heavy (non-hydrogen) atoms. The van der Waals surface area contributed by atoms with E-state index in [4.69, 9.17) is 18.5 Å². The Balaban J connectivity index is 4.41. The van der Waals surface area contributed by atoms with Crippen LogP contribution < -0.4 is 4.89 Å².